The van der Waals surface area contributed by atoms with Crippen molar-refractivity contribution < 1.29 is 0 Å². The van der Waals surface area contributed by atoms with Crippen LogP contribution in [0.3, 0.4) is 0 Å². The first-order chi connectivity index (χ1) is 8.28. The van der Waals surface area contributed by atoms with E-state index in [9.17, 15) is 0 Å². The summed E-state index contributed by atoms with van der Waals surface area (Å²) in [5.74, 6) is 0.950. The maximum Gasteiger partial charge on any atom is 0.180 e. The van der Waals surface area contributed by atoms with E-state index in [1.54, 1.807) is 11.3 Å². The average molecular weight is 253 g/mol. The van der Waals surface area contributed by atoms with Crippen LogP contribution in [-0.4, -0.2) is 23.0 Å². The number of aromatic nitrogens is 1. The average Bonchev–Trinajstić information content (AvgIpc) is 2.58. The number of nitrogen functional groups attached to an aromatic ring is 1. The smallest absolute Gasteiger partial charge is 0.180 e. The minimum Gasteiger partial charge on any atom is -0.375 e. The molecule has 1 atom stereocenters. The monoisotopic (exact) mass is 253 g/mol. The van der Waals surface area contributed by atoms with E-state index < -0.39 is 0 Å². The highest BCUT2D eigenvalue weighted by molar-refractivity contribution is 7.13. The number of anilines is 1. The van der Waals surface area contributed by atoms with Gasteiger partial charge < -0.3 is 5.73 Å². The molecule has 1 aromatic rings. The summed E-state index contributed by atoms with van der Waals surface area (Å²) in [7, 11) is 0. The fraction of sp³-hybridized carbons (Fsp3) is 0.769. The van der Waals surface area contributed by atoms with Crippen LogP contribution < -0.4 is 5.73 Å². The van der Waals surface area contributed by atoms with Crippen molar-refractivity contribution in [3.63, 3.8) is 0 Å². The molecule has 0 amide bonds. The van der Waals surface area contributed by atoms with Gasteiger partial charge in [-0.1, -0.05) is 19.8 Å². The van der Waals surface area contributed by atoms with Crippen molar-refractivity contribution in [1.29, 1.82) is 0 Å². The molecule has 0 spiro atoms. The van der Waals surface area contributed by atoms with Crippen molar-refractivity contribution in [1.82, 2.24) is 9.88 Å². The van der Waals surface area contributed by atoms with Gasteiger partial charge in [0.2, 0.25) is 0 Å². The molecule has 0 aliphatic carbocycles. The molecule has 2 rings (SSSR count). The van der Waals surface area contributed by atoms with Crippen LogP contribution in [0.1, 0.15) is 44.7 Å². The van der Waals surface area contributed by atoms with Gasteiger partial charge in [0, 0.05) is 11.9 Å². The van der Waals surface area contributed by atoms with Crippen LogP contribution in [0.4, 0.5) is 5.13 Å². The standard InChI is InChI=1S/C13H23N3S/c1-2-4-11-5-3-7-16(8-6-11)9-12-10-17-13(14)15-12/h10-11H,2-9H2,1H3,(H2,14,15). The predicted molar refractivity (Wildman–Crippen MR) is 74.1 cm³/mol. The molecule has 1 saturated heterocycles. The van der Waals surface area contributed by atoms with Crippen LogP contribution in [0.2, 0.25) is 0 Å². The Morgan fingerprint density at radius 3 is 3.06 bits per heavy atom. The van der Waals surface area contributed by atoms with Crippen molar-refractivity contribution in [3.8, 4) is 0 Å². The van der Waals surface area contributed by atoms with E-state index >= 15 is 0 Å². The number of thiazole rings is 1. The van der Waals surface area contributed by atoms with Crippen molar-refractivity contribution in [2.75, 3.05) is 18.8 Å². The number of hydrogen-bond acceptors (Lipinski definition) is 4. The van der Waals surface area contributed by atoms with Crippen LogP contribution in [0.15, 0.2) is 5.38 Å². The van der Waals surface area contributed by atoms with Gasteiger partial charge in [-0.3, -0.25) is 4.90 Å². The summed E-state index contributed by atoms with van der Waals surface area (Å²) in [6, 6.07) is 0. The molecule has 2 heterocycles. The Balaban J connectivity index is 1.82. The summed E-state index contributed by atoms with van der Waals surface area (Å²) in [5, 5.41) is 2.78. The Bertz CT molecular complexity index is 337. The first-order valence-corrected chi connectivity index (χ1v) is 7.58. The fourth-order valence-electron chi connectivity index (χ4n) is 2.70. The molecule has 3 nitrogen and oxygen atoms in total. The molecular weight excluding hydrogens is 230 g/mol. The second kappa shape index (κ2) is 6.36. The van der Waals surface area contributed by atoms with E-state index in [0.29, 0.717) is 5.13 Å². The van der Waals surface area contributed by atoms with Crippen LogP contribution in [-0.2, 0) is 6.54 Å². The van der Waals surface area contributed by atoms with Crippen LogP contribution in [0.5, 0.6) is 0 Å². The predicted octanol–water partition coefficient (Wildman–Crippen LogP) is 3.13. The topological polar surface area (TPSA) is 42.1 Å². The number of nitrogens with zero attached hydrogens (tertiary/aromatic N) is 2. The minimum atomic E-state index is 0.693. The molecule has 4 heteroatoms. The fourth-order valence-corrected chi connectivity index (χ4v) is 3.26. The summed E-state index contributed by atoms with van der Waals surface area (Å²) in [4.78, 5) is 6.88. The summed E-state index contributed by atoms with van der Waals surface area (Å²) >= 11 is 1.55. The van der Waals surface area contributed by atoms with Gasteiger partial charge in [0.25, 0.3) is 0 Å². The van der Waals surface area contributed by atoms with Gasteiger partial charge in [-0.2, -0.15) is 0 Å². The third-order valence-corrected chi connectivity index (χ3v) is 4.32. The summed E-state index contributed by atoms with van der Waals surface area (Å²) < 4.78 is 0. The molecule has 1 aromatic heterocycles. The van der Waals surface area contributed by atoms with E-state index in [-0.39, 0.29) is 0 Å². The highest BCUT2D eigenvalue weighted by atomic mass is 32.1. The Labute approximate surface area is 108 Å². The quantitative estimate of drug-likeness (QED) is 0.896. The largest absolute Gasteiger partial charge is 0.375 e. The number of likely N-dealkylation sites (tertiary alicyclic amines) is 1. The lowest BCUT2D eigenvalue weighted by Gasteiger charge is -2.18. The molecule has 2 N–H and O–H groups in total. The van der Waals surface area contributed by atoms with E-state index in [2.05, 4.69) is 22.2 Å². The van der Waals surface area contributed by atoms with Crippen LogP contribution >= 0.6 is 11.3 Å². The Kier molecular flexibility index (Phi) is 4.80. The summed E-state index contributed by atoms with van der Waals surface area (Å²) in [6.07, 6.45) is 6.83. The normalized spacial score (nSPS) is 22.5. The first kappa shape index (κ1) is 12.8. The summed E-state index contributed by atoms with van der Waals surface area (Å²) in [6.45, 7) is 5.72. The highest BCUT2D eigenvalue weighted by Crippen LogP contribution is 2.23. The minimum absolute atomic E-state index is 0.693. The van der Waals surface area contributed by atoms with Gasteiger partial charge in [-0.05, 0) is 38.3 Å². The number of hydrogen-bond donors (Lipinski definition) is 1. The molecular formula is C13H23N3S. The van der Waals surface area contributed by atoms with Gasteiger partial charge in [0.05, 0.1) is 5.69 Å². The zero-order valence-corrected chi connectivity index (χ0v) is 11.5. The van der Waals surface area contributed by atoms with E-state index in [4.69, 9.17) is 5.73 Å². The van der Waals surface area contributed by atoms with Gasteiger partial charge in [0.15, 0.2) is 5.13 Å². The molecule has 0 saturated carbocycles. The zero-order chi connectivity index (χ0) is 12.1. The lowest BCUT2D eigenvalue weighted by atomic mass is 9.96. The van der Waals surface area contributed by atoms with Gasteiger partial charge in [-0.25, -0.2) is 4.98 Å². The Morgan fingerprint density at radius 1 is 1.47 bits per heavy atom. The van der Waals surface area contributed by atoms with Crippen LogP contribution in [0.25, 0.3) is 0 Å². The van der Waals surface area contributed by atoms with Gasteiger partial charge in [0.1, 0.15) is 0 Å². The van der Waals surface area contributed by atoms with E-state index in [0.717, 1.165) is 18.2 Å². The van der Waals surface area contributed by atoms with Crippen molar-refractivity contribution in [2.45, 2.75) is 45.6 Å². The Morgan fingerprint density at radius 2 is 2.35 bits per heavy atom. The molecule has 1 aliphatic heterocycles. The molecule has 1 fully saturated rings. The maximum atomic E-state index is 5.67. The second-order valence-electron chi connectivity index (χ2n) is 5.04. The SMILES string of the molecule is CCCC1CCCN(Cc2csc(N)n2)CC1. The number of nitrogens with two attached hydrogens (primary N) is 1. The molecule has 1 unspecified atom stereocenters. The molecule has 1 aliphatic rings. The van der Waals surface area contributed by atoms with E-state index in [1.807, 2.05) is 0 Å². The van der Waals surface area contributed by atoms with E-state index in [1.165, 1.54) is 45.2 Å². The third-order valence-electron chi connectivity index (χ3n) is 3.59. The van der Waals surface area contributed by atoms with Gasteiger partial charge >= 0.3 is 0 Å². The molecule has 0 radical (unpaired) electrons. The zero-order valence-electron chi connectivity index (χ0n) is 10.7. The lowest BCUT2D eigenvalue weighted by molar-refractivity contribution is 0.269. The Hall–Kier alpha value is -0.610. The molecule has 0 bridgehead atoms. The van der Waals surface area contributed by atoms with Crippen molar-refractivity contribution in [3.05, 3.63) is 11.1 Å². The van der Waals surface area contributed by atoms with Crippen LogP contribution in [0, 0.1) is 5.92 Å². The third kappa shape index (κ3) is 3.96. The maximum absolute atomic E-state index is 5.67. The summed E-state index contributed by atoms with van der Waals surface area (Å²) in [5.41, 5.74) is 6.81. The highest BCUT2D eigenvalue weighted by Gasteiger charge is 2.17. The molecule has 96 valence electrons. The van der Waals surface area contributed by atoms with Gasteiger partial charge in [-0.15, -0.1) is 11.3 Å². The second-order valence-corrected chi connectivity index (χ2v) is 5.93. The molecule has 0 aromatic carbocycles. The van der Waals surface area contributed by atoms with Crippen molar-refractivity contribution in [2.24, 2.45) is 5.92 Å². The number of rotatable bonds is 4. The van der Waals surface area contributed by atoms with Crippen molar-refractivity contribution >= 4 is 16.5 Å². The lowest BCUT2D eigenvalue weighted by Crippen LogP contribution is -2.24. The molecule has 17 heavy (non-hydrogen) atoms. The first-order valence-electron chi connectivity index (χ1n) is 6.70.